The fourth-order valence-electron chi connectivity index (χ4n) is 2.50. The Bertz CT molecular complexity index is 1070. The number of phenolic OH excluding ortho intramolecular Hbond substituents is 1. The lowest BCUT2D eigenvalue weighted by Crippen LogP contribution is -1.98. The summed E-state index contributed by atoms with van der Waals surface area (Å²) < 4.78 is 0. The van der Waals surface area contributed by atoms with Crippen molar-refractivity contribution in [1.29, 1.82) is 0 Å². The van der Waals surface area contributed by atoms with E-state index in [4.69, 9.17) is 0 Å². The van der Waals surface area contributed by atoms with E-state index in [1.54, 1.807) is 24.4 Å². The molecular formula is C17H14N6O. The van der Waals surface area contributed by atoms with E-state index >= 15 is 0 Å². The number of nitrogens with zero attached hydrogens (tertiary/aromatic N) is 4. The van der Waals surface area contributed by atoms with Crippen molar-refractivity contribution in [3.8, 4) is 5.75 Å². The van der Waals surface area contributed by atoms with Crippen LogP contribution in [-0.2, 0) is 0 Å². The molecular weight excluding hydrogens is 304 g/mol. The molecule has 0 atom stereocenters. The molecule has 24 heavy (non-hydrogen) atoms. The molecule has 7 heteroatoms. The van der Waals surface area contributed by atoms with Crippen molar-refractivity contribution in [2.24, 2.45) is 5.10 Å². The van der Waals surface area contributed by atoms with Gasteiger partial charge < -0.3 is 10.1 Å². The van der Waals surface area contributed by atoms with E-state index in [2.05, 4.69) is 36.8 Å². The molecule has 118 valence electrons. The number of phenols is 1. The zero-order valence-corrected chi connectivity index (χ0v) is 12.9. The van der Waals surface area contributed by atoms with E-state index in [-0.39, 0.29) is 5.75 Å². The summed E-state index contributed by atoms with van der Waals surface area (Å²) in [7, 11) is 0. The van der Waals surface area contributed by atoms with Gasteiger partial charge in [0.15, 0.2) is 5.65 Å². The minimum atomic E-state index is 0.187. The fourth-order valence-corrected chi connectivity index (χ4v) is 2.50. The molecule has 7 nitrogen and oxygen atoms in total. The zero-order chi connectivity index (χ0) is 16.5. The molecule has 0 spiro atoms. The lowest BCUT2D eigenvalue weighted by Gasteiger charge is -1.98. The van der Waals surface area contributed by atoms with Crippen LogP contribution in [0.5, 0.6) is 5.75 Å². The maximum atomic E-state index is 9.42. The molecule has 2 heterocycles. The van der Waals surface area contributed by atoms with Gasteiger partial charge in [0.05, 0.1) is 6.21 Å². The molecule has 2 aromatic heterocycles. The van der Waals surface area contributed by atoms with Crippen molar-refractivity contribution in [1.82, 2.24) is 20.2 Å². The van der Waals surface area contributed by atoms with Gasteiger partial charge in [-0.25, -0.2) is 5.43 Å². The summed E-state index contributed by atoms with van der Waals surface area (Å²) in [5, 5.41) is 22.8. The van der Waals surface area contributed by atoms with Gasteiger partial charge in [-0.2, -0.15) is 10.1 Å². The summed E-state index contributed by atoms with van der Waals surface area (Å²) in [5.74, 6) is 0.480. The largest absolute Gasteiger partial charge is 0.508 e. The van der Waals surface area contributed by atoms with E-state index in [1.165, 1.54) is 0 Å². The van der Waals surface area contributed by atoms with Gasteiger partial charge in [0.25, 0.3) is 5.95 Å². The van der Waals surface area contributed by atoms with Gasteiger partial charge in [-0.15, -0.1) is 10.2 Å². The Hall–Kier alpha value is -3.48. The number of hydrogen-bond donors (Lipinski definition) is 3. The lowest BCUT2D eigenvalue weighted by atomic mass is 10.2. The van der Waals surface area contributed by atoms with Crippen LogP contribution in [0.25, 0.3) is 22.1 Å². The number of aromatic amines is 1. The predicted molar refractivity (Wildman–Crippen MR) is 93.3 cm³/mol. The number of fused-ring (bicyclic) bond motifs is 3. The average Bonchev–Trinajstić information content (AvgIpc) is 2.92. The topological polar surface area (TPSA) is 99.1 Å². The Balaban J connectivity index is 1.62. The maximum absolute atomic E-state index is 9.42. The number of nitrogens with one attached hydrogen (secondary N) is 2. The van der Waals surface area contributed by atoms with E-state index in [0.29, 0.717) is 11.6 Å². The fraction of sp³-hybridized carbons (Fsp3) is 0.0588. The number of benzene rings is 2. The van der Waals surface area contributed by atoms with Gasteiger partial charge in [-0.1, -0.05) is 23.8 Å². The zero-order valence-electron chi connectivity index (χ0n) is 12.9. The van der Waals surface area contributed by atoms with Gasteiger partial charge in [0.1, 0.15) is 11.3 Å². The van der Waals surface area contributed by atoms with Crippen molar-refractivity contribution in [2.75, 3.05) is 5.43 Å². The third-order valence-corrected chi connectivity index (χ3v) is 3.62. The summed E-state index contributed by atoms with van der Waals surface area (Å²) in [5.41, 5.74) is 7.02. The molecule has 0 amide bonds. The van der Waals surface area contributed by atoms with Gasteiger partial charge in [-0.05, 0) is 36.8 Å². The van der Waals surface area contributed by atoms with Crippen LogP contribution in [0.4, 0.5) is 5.95 Å². The number of aryl methyl sites for hydroxylation is 1. The van der Waals surface area contributed by atoms with E-state index in [0.717, 1.165) is 27.5 Å². The van der Waals surface area contributed by atoms with Gasteiger partial charge in [0.2, 0.25) is 0 Å². The van der Waals surface area contributed by atoms with Crippen LogP contribution < -0.4 is 5.43 Å². The number of hydrazone groups is 1. The quantitative estimate of drug-likeness (QED) is 0.398. The number of aromatic nitrogens is 4. The Kier molecular flexibility index (Phi) is 3.31. The van der Waals surface area contributed by atoms with E-state index < -0.39 is 0 Å². The SMILES string of the molecule is Cc1ccc2[nH]c3nc(NN=Cc4cccc(O)c4)nnc3c2c1. The molecule has 0 aliphatic carbocycles. The van der Waals surface area contributed by atoms with E-state index in [1.807, 2.05) is 25.1 Å². The second-order valence-corrected chi connectivity index (χ2v) is 5.47. The van der Waals surface area contributed by atoms with Gasteiger partial charge in [-0.3, -0.25) is 0 Å². The molecule has 4 rings (SSSR count). The first-order chi connectivity index (χ1) is 11.7. The van der Waals surface area contributed by atoms with Gasteiger partial charge in [0, 0.05) is 10.9 Å². The second-order valence-electron chi connectivity index (χ2n) is 5.47. The van der Waals surface area contributed by atoms with Crippen molar-refractivity contribution in [3.05, 3.63) is 53.6 Å². The highest BCUT2D eigenvalue weighted by Crippen LogP contribution is 2.23. The van der Waals surface area contributed by atoms with E-state index in [9.17, 15) is 5.11 Å². The van der Waals surface area contributed by atoms with Crippen LogP contribution in [0.3, 0.4) is 0 Å². The second kappa shape index (κ2) is 5.62. The van der Waals surface area contributed by atoms with Crippen LogP contribution in [0.15, 0.2) is 47.6 Å². The molecule has 2 aromatic carbocycles. The number of aromatic hydroxyl groups is 1. The third-order valence-electron chi connectivity index (χ3n) is 3.62. The highest BCUT2D eigenvalue weighted by Gasteiger charge is 2.08. The van der Waals surface area contributed by atoms with Crippen LogP contribution in [0.2, 0.25) is 0 Å². The maximum Gasteiger partial charge on any atom is 0.265 e. The monoisotopic (exact) mass is 318 g/mol. The highest BCUT2D eigenvalue weighted by atomic mass is 16.3. The van der Waals surface area contributed by atoms with Crippen LogP contribution >= 0.6 is 0 Å². The summed E-state index contributed by atoms with van der Waals surface area (Å²) in [6.07, 6.45) is 1.57. The number of hydrogen-bond acceptors (Lipinski definition) is 6. The normalized spacial score (nSPS) is 11.5. The van der Waals surface area contributed by atoms with Crippen LogP contribution in [-0.4, -0.2) is 31.5 Å². The standard InChI is InChI=1S/C17H14N6O/c1-10-5-6-14-13(7-10)15-16(19-14)20-17(23-21-15)22-18-9-11-3-2-4-12(24)8-11/h2-9,24H,1H3,(H2,19,20,22,23). The Labute approximate surface area is 137 Å². The Morgan fingerprint density at radius 3 is 2.96 bits per heavy atom. The lowest BCUT2D eigenvalue weighted by molar-refractivity contribution is 0.475. The predicted octanol–water partition coefficient (Wildman–Crippen LogP) is 2.97. The summed E-state index contributed by atoms with van der Waals surface area (Å²) in [6.45, 7) is 2.03. The van der Waals surface area contributed by atoms with Crippen molar-refractivity contribution < 1.29 is 5.11 Å². The number of rotatable bonds is 3. The summed E-state index contributed by atoms with van der Waals surface area (Å²) in [4.78, 5) is 7.61. The van der Waals surface area contributed by atoms with Crippen LogP contribution in [0.1, 0.15) is 11.1 Å². The van der Waals surface area contributed by atoms with Crippen molar-refractivity contribution in [3.63, 3.8) is 0 Å². The molecule has 4 aromatic rings. The van der Waals surface area contributed by atoms with Crippen LogP contribution in [0, 0.1) is 6.92 Å². The summed E-state index contributed by atoms with van der Waals surface area (Å²) >= 11 is 0. The van der Waals surface area contributed by atoms with Crippen molar-refractivity contribution >= 4 is 34.2 Å². The molecule has 0 saturated carbocycles. The molecule has 0 saturated heterocycles. The molecule has 0 bridgehead atoms. The first-order valence-corrected chi connectivity index (χ1v) is 7.40. The third kappa shape index (κ3) is 2.63. The Morgan fingerprint density at radius 2 is 2.08 bits per heavy atom. The minimum Gasteiger partial charge on any atom is -0.508 e. The first-order valence-electron chi connectivity index (χ1n) is 7.40. The van der Waals surface area contributed by atoms with Gasteiger partial charge >= 0.3 is 0 Å². The first kappa shape index (κ1) is 14.1. The van der Waals surface area contributed by atoms with Crippen molar-refractivity contribution in [2.45, 2.75) is 6.92 Å². The molecule has 0 fully saturated rings. The molecule has 3 N–H and O–H groups in total. The minimum absolute atomic E-state index is 0.187. The average molecular weight is 318 g/mol. The Morgan fingerprint density at radius 1 is 1.17 bits per heavy atom. The number of H-pyrrole nitrogens is 1. The number of anilines is 1. The molecule has 0 unspecified atom stereocenters. The molecule has 0 radical (unpaired) electrons. The smallest absolute Gasteiger partial charge is 0.265 e. The molecule has 0 aliphatic rings. The highest BCUT2D eigenvalue weighted by molar-refractivity contribution is 6.03. The molecule has 0 aliphatic heterocycles. The summed E-state index contributed by atoms with van der Waals surface area (Å²) in [6, 6.07) is 12.9.